The van der Waals surface area contributed by atoms with Crippen LogP contribution in [-0.4, -0.2) is 40.6 Å². The average Bonchev–Trinajstić information content (AvgIpc) is 2.70. The summed E-state index contributed by atoms with van der Waals surface area (Å²) in [6.07, 6.45) is 0. The van der Waals surface area contributed by atoms with E-state index in [4.69, 9.17) is 0 Å². The maximum Gasteiger partial charge on any atom is 0.255 e. The molecule has 5 nitrogen and oxygen atoms in total. The molecule has 1 unspecified atom stereocenters. The zero-order valence-corrected chi connectivity index (χ0v) is 15.8. The molecule has 2 N–H and O–H groups in total. The molecule has 0 bridgehead atoms. The quantitative estimate of drug-likeness (QED) is 0.861. The van der Waals surface area contributed by atoms with Crippen molar-refractivity contribution in [2.75, 3.05) is 31.5 Å². The number of benzene rings is 2. The molecule has 1 fully saturated rings. The van der Waals surface area contributed by atoms with Crippen molar-refractivity contribution in [2.45, 2.75) is 18.7 Å². The number of amides is 1. The molecule has 1 aliphatic rings. The maximum absolute atomic E-state index is 13.0. The molecule has 0 saturated carbocycles. The van der Waals surface area contributed by atoms with Gasteiger partial charge in [-0.1, -0.05) is 26.0 Å². The lowest BCUT2D eigenvalue weighted by atomic mass is 10.2. The van der Waals surface area contributed by atoms with E-state index in [0.29, 0.717) is 29.2 Å². The van der Waals surface area contributed by atoms with Crippen molar-refractivity contribution in [1.82, 2.24) is 9.62 Å². The van der Waals surface area contributed by atoms with Crippen molar-refractivity contribution >= 4 is 22.6 Å². The van der Waals surface area contributed by atoms with Gasteiger partial charge in [-0.05, 0) is 36.4 Å². The molecule has 1 atom stereocenters. The van der Waals surface area contributed by atoms with Crippen LogP contribution in [0.3, 0.4) is 0 Å². The highest BCUT2D eigenvalue weighted by atomic mass is 32.2. The standard InChI is InChI=1S/C17H18FN3O2S.C2H6/c18-14-7-5-13(6-8-14)17(22)20-15-3-1-2-4-16(15)24(23)21-11-9-19-10-12-21;1-2/h1-8,19H,9-12H2,(H,20,22);1-2H3. The first-order chi connectivity index (χ1) is 12.6. The number of hydrogen-bond acceptors (Lipinski definition) is 3. The number of carbonyl (C=O) groups excluding carboxylic acids is 1. The second-order valence-electron chi connectivity index (χ2n) is 5.39. The minimum atomic E-state index is -1.34. The Balaban J connectivity index is 0.00000117. The highest BCUT2D eigenvalue weighted by Gasteiger charge is 2.20. The summed E-state index contributed by atoms with van der Waals surface area (Å²) in [7, 11) is -1.34. The van der Waals surface area contributed by atoms with Gasteiger partial charge in [0, 0.05) is 31.7 Å². The summed E-state index contributed by atoms with van der Waals surface area (Å²) in [5, 5.41) is 5.99. The summed E-state index contributed by atoms with van der Waals surface area (Å²) < 4.78 is 27.6. The number of hydrogen-bond donors (Lipinski definition) is 2. The second-order valence-corrected chi connectivity index (χ2v) is 6.84. The van der Waals surface area contributed by atoms with Gasteiger partial charge in [-0.15, -0.1) is 0 Å². The van der Waals surface area contributed by atoms with E-state index in [1.807, 2.05) is 18.2 Å². The lowest BCUT2D eigenvalue weighted by Crippen LogP contribution is -2.44. The average molecular weight is 377 g/mol. The molecule has 3 rings (SSSR count). The largest absolute Gasteiger partial charge is 0.321 e. The van der Waals surface area contributed by atoms with Crippen LogP contribution < -0.4 is 10.6 Å². The number of anilines is 1. The Morgan fingerprint density at radius 1 is 1.08 bits per heavy atom. The van der Waals surface area contributed by atoms with Crippen LogP contribution in [-0.2, 0) is 11.0 Å². The van der Waals surface area contributed by atoms with E-state index in [-0.39, 0.29) is 5.91 Å². The van der Waals surface area contributed by atoms with Gasteiger partial charge >= 0.3 is 0 Å². The van der Waals surface area contributed by atoms with E-state index in [0.717, 1.165) is 13.1 Å². The van der Waals surface area contributed by atoms with Crippen LogP contribution in [0.5, 0.6) is 0 Å². The van der Waals surface area contributed by atoms with Crippen LogP contribution in [0.1, 0.15) is 24.2 Å². The number of rotatable bonds is 4. The normalized spacial score (nSPS) is 15.5. The highest BCUT2D eigenvalue weighted by Crippen LogP contribution is 2.22. The number of nitrogens with zero attached hydrogens (tertiary/aromatic N) is 1. The number of halogens is 1. The molecule has 0 aliphatic carbocycles. The monoisotopic (exact) mass is 377 g/mol. The molecule has 2 aromatic rings. The minimum Gasteiger partial charge on any atom is -0.321 e. The first-order valence-electron chi connectivity index (χ1n) is 8.68. The third-order valence-electron chi connectivity index (χ3n) is 3.74. The molecule has 140 valence electrons. The van der Waals surface area contributed by atoms with Gasteiger partial charge in [0.15, 0.2) is 0 Å². The van der Waals surface area contributed by atoms with Crippen molar-refractivity contribution in [3.63, 3.8) is 0 Å². The molecule has 2 aromatic carbocycles. The summed E-state index contributed by atoms with van der Waals surface area (Å²) in [6, 6.07) is 12.3. The van der Waals surface area contributed by atoms with E-state index in [2.05, 4.69) is 10.6 Å². The first kappa shape index (κ1) is 20.2. The Morgan fingerprint density at radius 3 is 2.35 bits per heavy atom. The number of carbonyl (C=O) groups is 1. The Bertz CT molecular complexity index is 747. The predicted octanol–water partition coefficient (Wildman–Crippen LogP) is 3.03. The molecule has 1 amide bonds. The van der Waals surface area contributed by atoms with Crippen molar-refractivity contribution in [2.24, 2.45) is 0 Å². The van der Waals surface area contributed by atoms with Crippen LogP contribution in [0.25, 0.3) is 0 Å². The molecule has 0 radical (unpaired) electrons. The first-order valence-corrected chi connectivity index (χ1v) is 9.79. The van der Waals surface area contributed by atoms with Gasteiger partial charge in [0.2, 0.25) is 0 Å². The smallest absolute Gasteiger partial charge is 0.255 e. The summed E-state index contributed by atoms with van der Waals surface area (Å²) in [5.41, 5.74) is 0.850. The lowest BCUT2D eigenvalue weighted by molar-refractivity contribution is 0.102. The molecule has 1 saturated heterocycles. The van der Waals surface area contributed by atoms with Gasteiger partial charge in [-0.2, -0.15) is 0 Å². The summed E-state index contributed by atoms with van der Waals surface area (Å²) >= 11 is 0. The molecule has 1 heterocycles. The molecule has 26 heavy (non-hydrogen) atoms. The van der Waals surface area contributed by atoms with Crippen LogP contribution in [0.15, 0.2) is 53.4 Å². The van der Waals surface area contributed by atoms with E-state index in [9.17, 15) is 13.4 Å². The summed E-state index contributed by atoms with van der Waals surface area (Å²) in [6.45, 7) is 6.95. The highest BCUT2D eigenvalue weighted by molar-refractivity contribution is 7.82. The fourth-order valence-corrected chi connectivity index (χ4v) is 3.76. The Kier molecular flexibility index (Phi) is 7.90. The number of nitrogens with one attached hydrogen (secondary N) is 2. The van der Waals surface area contributed by atoms with Gasteiger partial charge < -0.3 is 10.6 Å². The van der Waals surface area contributed by atoms with Gasteiger partial charge in [0.1, 0.15) is 16.8 Å². The number of piperazine rings is 1. The molecular formula is C19H24FN3O2S. The zero-order chi connectivity index (χ0) is 18.9. The van der Waals surface area contributed by atoms with Gasteiger partial charge in [-0.3, -0.25) is 4.79 Å². The third-order valence-corrected chi connectivity index (χ3v) is 5.31. The maximum atomic E-state index is 13.0. The van der Waals surface area contributed by atoms with E-state index in [1.165, 1.54) is 24.3 Å². The Morgan fingerprint density at radius 2 is 1.69 bits per heavy atom. The van der Waals surface area contributed by atoms with E-state index >= 15 is 0 Å². The van der Waals surface area contributed by atoms with E-state index < -0.39 is 16.8 Å². The molecule has 0 spiro atoms. The van der Waals surface area contributed by atoms with Gasteiger partial charge in [0.05, 0.1) is 10.6 Å². The predicted molar refractivity (Wildman–Crippen MR) is 103 cm³/mol. The summed E-state index contributed by atoms with van der Waals surface area (Å²) in [5.74, 6) is -0.758. The molecule has 0 aromatic heterocycles. The number of para-hydroxylation sites is 1. The topological polar surface area (TPSA) is 61.4 Å². The summed E-state index contributed by atoms with van der Waals surface area (Å²) in [4.78, 5) is 12.9. The fraction of sp³-hybridized carbons (Fsp3) is 0.316. The zero-order valence-electron chi connectivity index (χ0n) is 15.0. The second kappa shape index (κ2) is 10.2. The third kappa shape index (κ3) is 5.20. The van der Waals surface area contributed by atoms with Crippen LogP contribution >= 0.6 is 0 Å². The van der Waals surface area contributed by atoms with E-state index in [1.54, 1.807) is 24.3 Å². The lowest BCUT2D eigenvalue weighted by Gasteiger charge is -2.26. The SMILES string of the molecule is CC.O=C(Nc1ccccc1S(=O)N1CCNCC1)c1ccc(F)cc1. The van der Waals surface area contributed by atoms with Crippen LogP contribution in [0, 0.1) is 5.82 Å². The minimum absolute atomic E-state index is 0.346. The molecular weight excluding hydrogens is 353 g/mol. The van der Waals surface area contributed by atoms with Gasteiger partial charge in [-0.25, -0.2) is 12.9 Å². The molecule has 1 aliphatic heterocycles. The van der Waals surface area contributed by atoms with Crippen molar-refractivity contribution < 1.29 is 13.4 Å². The van der Waals surface area contributed by atoms with Crippen molar-refractivity contribution in [1.29, 1.82) is 0 Å². The van der Waals surface area contributed by atoms with Crippen LogP contribution in [0.4, 0.5) is 10.1 Å². The Labute approximate surface area is 156 Å². The van der Waals surface area contributed by atoms with Gasteiger partial charge in [0.25, 0.3) is 5.91 Å². The Hall–Kier alpha value is -2.09. The molecule has 7 heteroatoms. The van der Waals surface area contributed by atoms with Crippen LogP contribution in [0.2, 0.25) is 0 Å². The van der Waals surface area contributed by atoms with Crippen molar-refractivity contribution in [3.8, 4) is 0 Å². The van der Waals surface area contributed by atoms with Crippen molar-refractivity contribution in [3.05, 3.63) is 59.9 Å². The fourth-order valence-electron chi connectivity index (χ4n) is 2.47.